The van der Waals surface area contributed by atoms with Crippen molar-refractivity contribution in [2.45, 2.75) is 108 Å². The van der Waals surface area contributed by atoms with Gasteiger partial charge in [0.15, 0.2) is 6.10 Å². The normalized spacial score (nSPS) is 21.0. The lowest BCUT2D eigenvalue weighted by molar-refractivity contribution is -0.213. The standard InChI is InChI=1S/C39H48N4O11S/c1-22-33(20-49-23(2)44)53-37(36(52-25(4)46)35(22)51-24(3)45)55-21-27-18-43(42-41-27)17-26(16-34(47)54-39(5,6)7)40-38(48)50-19-32-30-14-10-8-12-28(30)29-13-9-11-15-31(29)32/h8-15,18,22,26,32-33,35-37H,16-17,19-21H2,1-7H3,(H,40,48)/t22-,26-,33?,35?,36?,37-/m0/s1. The number of benzene rings is 2. The van der Waals surface area contributed by atoms with Gasteiger partial charge in [0.2, 0.25) is 0 Å². The minimum absolute atomic E-state index is 0.0631. The van der Waals surface area contributed by atoms with E-state index in [2.05, 4.69) is 27.8 Å². The molecule has 0 radical (unpaired) electrons. The number of hydrogen-bond donors (Lipinski definition) is 1. The Labute approximate surface area is 324 Å². The highest BCUT2D eigenvalue weighted by molar-refractivity contribution is 7.99. The summed E-state index contributed by atoms with van der Waals surface area (Å²) in [5.41, 5.74) is 3.29. The predicted molar refractivity (Wildman–Crippen MR) is 199 cm³/mol. The van der Waals surface area contributed by atoms with Crippen molar-refractivity contribution in [3.63, 3.8) is 0 Å². The molecule has 0 bridgehead atoms. The third-order valence-electron chi connectivity index (χ3n) is 8.95. The molecule has 1 aliphatic carbocycles. The summed E-state index contributed by atoms with van der Waals surface area (Å²) in [6.45, 7) is 10.9. The summed E-state index contributed by atoms with van der Waals surface area (Å²) < 4.78 is 35.4. The first-order valence-electron chi connectivity index (χ1n) is 18.0. The third kappa shape index (κ3) is 11.3. The Morgan fingerprint density at radius 2 is 1.49 bits per heavy atom. The lowest BCUT2D eigenvalue weighted by Crippen LogP contribution is -2.56. The van der Waals surface area contributed by atoms with Crippen LogP contribution in [0.5, 0.6) is 0 Å². The van der Waals surface area contributed by atoms with Crippen molar-refractivity contribution >= 4 is 41.7 Å². The van der Waals surface area contributed by atoms with Gasteiger partial charge in [-0.3, -0.25) is 23.9 Å². The molecule has 0 saturated carbocycles. The van der Waals surface area contributed by atoms with E-state index in [1.54, 1.807) is 33.9 Å². The van der Waals surface area contributed by atoms with Gasteiger partial charge in [-0.25, -0.2) is 4.79 Å². The Morgan fingerprint density at radius 3 is 2.09 bits per heavy atom. The number of aromatic nitrogens is 3. The number of hydrogen-bond acceptors (Lipinski definition) is 14. The summed E-state index contributed by atoms with van der Waals surface area (Å²) in [6, 6.07) is 15.3. The second-order valence-corrected chi connectivity index (χ2v) is 15.6. The molecule has 1 aromatic heterocycles. The molecule has 1 N–H and O–H groups in total. The van der Waals surface area contributed by atoms with Crippen molar-refractivity contribution < 1.29 is 52.4 Å². The molecule has 5 rings (SSSR count). The van der Waals surface area contributed by atoms with Crippen LogP contribution >= 0.6 is 11.8 Å². The fourth-order valence-electron chi connectivity index (χ4n) is 6.68. The summed E-state index contributed by atoms with van der Waals surface area (Å²) in [5.74, 6) is -2.57. The van der Waals surface area contributed by atoms with Gasteiger partial charge in [-0.2, -0.15) is 0 Å². The maximum atomic E-state index is 13.3. The molecule has 2 aromatic carbocycles. The molecule has 296 valence electrons. The van der Waals surface area contributed by atoms with Crippen molar-refractivity contribution in [1.82, 2.24) is 20.3 Å². The molecular formula is C39H48N4O11S. The quantitative estimate of drug-likeness (QED) is 0.172. The van der Waals surface area contributed by atoms with Gasteiger partial charge in [-0.05, 0) is 43.0 Å². The van der Waals surface area contributed by atoms with E-state index in [1.165, 1.54) is 37.2 Å². The number of rotatable bonds is 14. The minimum atomic E-state index is -0.968. The van der Waals surface area contributed by atoms with E-state index >= 15 is 0 Å². The summed E-state index contributed by atoms with van der Waals surface area (Å²) in [6.07, 6.45) is -1.71. The van der Waals surface area contributed by atoms with Crippen LogP contribution in [-0.4, -0.2) is 93.6 Å². The zero-order valence-corrected chi connectivity index (χ0v) is 32.8. The number of ether oxygens (including phenoxy) is 6. The van der Waals surface area contributed by atoms with E-state index in [-0.39, 0.29) is 37.9 Å². The number of fused-ring (bicyclic) bond motifs is 3. The average Bonchev–Trinajstić information content (AvgIpc) is 3.68. The van der Waals surface area contributed by atoms with Gasteiger partial charge >= 0.3 is 30.0 Å². The third-order valence-corrected chi connectivity index (χ3v) is 10.1. The molecule has 1 saturated heterocycles. The first-order chi connectivity index (χ1) is 26.1. The van der Waals surface area contributed by atoms with Crippen LogP contribution in [0.3, 0.4) is 0 Å². The first kappa shape index (κ1) is 41.2. The number of amides is 1. The van der Waals surface area contributed by atoms with E-state index in [4.69, 9.17) is 28.4 Å². The van der Waals surface area contributed by atoms with Crippen LogP contribution in [0.15, 0.2) is 54.7 Å². The average molecular weight is 781 g/mol. The van der Waals surface area contributed by atoms with Crippen molar-refractivity contribution in [2.24, 2.45) is 5.92 Å². The molecule has 55 heavy (non-hydrogen) atoms. The number of alkyl carbamates (subject to hydrolysis) is 1. The van der Waals surface area contributed by atoms with Crippen LogP contribution in [0, 0.1) is 5.92 Å². The van der Waals surface area contributed by atoms with Crippen molar-refractivity contribution in [2.75, 3.05) is 13.2 Å². The largest absolute Gasteiger partial charge is 0.463 e. The van der Waals surface area contributed by atoms with Gasteiger partial charge < -0.3 is 33.7 Å². The van der Waals surface area contributed by atoms with Gasteiger partial charge in [0.05, 0.1) is 30.8 Å². The highest BCUT2D eigenvalue weighted by atomic mass is 32.2. The second-order valence-electron chi connectivity index (χ2n) is 14.6. The Balaban J connectivity index is 1.26. The smallest absolute Gasteiger partial charge is 0.407 e. The van der Waals surface area contributed by atoms with E-state index in [1.807, 2.05) is 36.4 Å². The van der Waals surface area contributed by atoms with Crippen LogP contribution in [0.1, 0.15) is 77.6 Å². The van der Waals surface area contributed by atoms with Gasteiger partial charge in [-0.1, -0.05) is 60.7 Å². The molecule has 1 aliphatic heterocycles. The number of nitrogens with zero attached hydrogens (tertiary/aromatic N) is 3. The van der Waals surface area contributed by atoms with Gasteiger partial charge in [0.25, 0.3) is 0 Å². The monoisotopic (exact) mass is 780 g/mol. The fourth-order valence-corrected chi connectivity index (χ4v) is 7.77. The molecule has 15 nitrogen and oxygen atoms in total. The van der Waals surface area contributed by atoms with Crippen LogP contribution in [0.2, 0.25) is 0 Å². The highest BCUT2D eigenvalue weighted by Gasteiger charge is 2.48. The van der Waals surface area contributed by atoms with Crippen LogP contribution < -0.4 is 5.32 Å². The van der Waals surface area contributed by atoms with Gasteiger partial charge in [-0.15, -0.1) is 16.9 Å². The maximum Gasteiger partial charge on any atom is 0.407 e. The lowest BCUT2D eigenvalue weighted by atomic mass is 9.91. The molecule has 16 heteroatoms. The van der Waals surface area contributed by atoms with Crippen LogP contribution in [0.4, 0.5) is 4.79 Å². The summed E-state index contributed by atoms with van der Waals surface area (Å²) in [4.78, 5) is 61.9. The topological polar surface area (TPSA) is 183 Å². The fraction of sp³-hybridized carbons (Fsp3) is 0.513. The SMILES string of the molecule is CC(=O)OCC1O[C@@H](SCc2cn(C[C@H](CC(=O)OC(C)(C)C)NC(=O)OCC3c4ccccc4-c4ccccc43)nn2)C(OC(C)=O)C(OC(C)=O)[C@H]1C. The number of nitrogens with one attached hydrogen (secondary N) is 1. The molecule has 2 heterocycles. The minimum Gasteiger partial charge on any atom is -0.463 e. The van der Waals surface area contributed by atoms with E-state index < -0.39 is 71.3 Å². The molecule has 0 spiro atoms. The van der Waals surface area contributed by atoms with Crippen LogP contribution in [-0.2, 0) is 59.9 Å². The zero-order valence-electron chi connectivity index (χ0n) is 32.0. The van der Waals surface area contributed by atoms with Crippen molar-refractivity contribution in [1.29, 1.82) is 0 Å². The summed E-state index contributed by atoms with van der Waals surface area (Å²) in [5, 5.41) is 11.3. The van der Waals surface area contributed by atoms with Gasteiger partial charge in [0, 0.05) is 44.6 Å². The lowest BCUT2D eigenvalue weighted by Gasteiger charge is -2.43. The summed E-state index contributed by atoms with van der Waals surface area (Å²) in [7, 11) is 0. The number of carbonyl (C=O) groups excluding carboxylic acids is 5. The Bertz CT molecular complexity index is 1810. The number of thioether (sulfide) groups is 1. The molecule has 3 aromatic rings. The van der Waals surface area contributed by atoms with Crippen molar-refractivity contribution in [3.8, 4) is 11.1 Å². The summed E-state index contributed by atoms with van der Waals surface area (Å²) >= 11 is 1.23. The molecule has 1 amide bonds. The predicted octanol–water partition coefficient (Wildman–Crippen LogP) is 4.94. The first-order valence-corrected chi connectivity index (χ1v) is 19.1. The molecule has 2 aliphatic rings. The highest BCUT2D eigenvalue weighted by Crippen LogP contribution is 2.44. The second kappa shape index (κ2) is 18.1. The molecular weight excluding hydrogens is 733 g/mol. The number of esters is 4. The molecule has 6 atom stereocenters. The Hall–Kier alpha value is -4.96. The van der Waals surface area contributed by atoms with E-state index in [0.717, 1.165) is 22.3 Å². The van der Waals surface area contributed by atoms with Crippen LogP contribution in [0.25, 0.3) is 11.1 Å². The zero-order chi connectivity index (χ0) is 39.9. The van der Waals surface area contributed by atoms with Crippen molar-refractivity contribution in [3.05, 3.63) is 71.5 Å². The Morgan fingerprint density at radius 1 is 0.873 bits per heavy atom. The number of carbonyl (C=O) groups is 5. The van der Waals surface area contributed by atoms with Gasteiger partial charge in [0.1, 0.15) is 30.4 Å². The van der Waals surface area contributed by atoms with E-state index in [0.29, 0.717) is 5.69 Å². The molecule has 1 fully saturated rings. The Kier molecular flexibility index (Phi) is 13.6. The molecule has 3 unspecified atom stereocenters. The maximum absolute atomic E-state index is 13.3. The van der Waals surface area contributed by atoms with E-state index in [9.17, 15) is 24.0 Å².